The molecule has 0 saturated carbocycles. The van der Waals surface area contributed by atoms with E-state index in [4.69, 9.17) is 0 Å². The van der Waals surface area contributed by atoms with Crippen LogP contribution < -0.4 is 5.43 Å². The molecule has 0 fully saturated rings. The minimum atomic E-state index is 0.00250. The molecule has 3 nitrogen and oxygen atoms in total. The van der Waals surface area contributed by atoms with E-state index in [0.717, 1.165) is 5.71 Å². The summed E-state index contributed by atoms with van der Waals surface area (Å²) in [5.74, 6) is 0. The van der Waals surface area contributed by atoms with E-state index in [2.05, 4.69) is 37.5 Å². The van der Waals surface area contributed by atoms with Gasteiger partial charge in [-0.25, -0.2) is 5.12 Å². The Bertz CT molecular complexity index is 198. The maximum Gasteiger partial charge on any atom is 0.0827 e. The summed E-state index contributed by atoms with van der Waals surface area (Å²) in [4.78, 5) is 0. The van der Waals surface area contributed by atoms with Crippen LogP contribution in [0.2, 0.25) is 0 Å². The quantitative estimate of drug-likeness (QED) is 0.566. The average Bonchev–Trinajstić information content (AvgIpc) is 1.86. The van der Waals surface area contributed by atoms with Crippen molar-refractivity contribution in [3.05, 3.63) is 12.3 Å². The number of hydrazone groups is 1. The van der Waals surface area contributed by atoms with Gasteiger partial charge in [-0.05, 0) is 33.8 Å². The molecule has 0 aromatic heterocycles. The molecule has 1 heterocycles. The smallest absolute Gasteiger partial charge is 0.0827 e. The van der Waals surface area contributed by atoms with E-state index in [1.54, 1.807) is 5.12 Å². The van der Waals surface area contributed by atoms with Gasteiger partial charge in [-0.2, -0.15) is 5.10 Å². The summed E-state index contributed by atoms with van der Waals surface area (Å²) in [6.07, 6.45) is 4.73. The van der Waals surface area contributed by atoms with Crippen LogP contribution in [0.15, 0.2) is 11.2 Å². The van der Waals surface area contributed by atoms with Crippen LogP contribution in [0, 0.1) is 6.20 Å². The fraction of sp³-hybridized carbons (Fsp3) is 0.625. The molecule has 0 aromatic carbocycles. The zero-order valence-electron chi connectivity index (χ0n) is 7.47. The normalized spacial score (nSPS) is 17.8. The van der Waals surface area contributed by atoms with Gasteiger partial charge in [-0.3, -0.25) is 5.43 Å². The molecule has 0 bridgehead atoms. The van der Waals surface area contributed by atoms with Gasteiger partial charge in [0.25, 0.3) is 0 Å². The fourth-order valence-corrected chi connectivity index (χ4v) is 0.727. The van der Waals surface area contributed by atoms with Crippen molar-refractivity contribution in [2.45, 2.75) is 33.2 Å². The average molecular weight is 152 g/mol. The first-order valence-electron chi connectivity index (χ1n) is 3.70. The molecule has 1 radical (unpaired) electrons. The van der Waals surface area contributed by atoms with Crippen LogP contribution in [0.4, 0.5) is 0 Å². The largest absolute Gasteiger partial charge is 0.280 e. The third kappa shape index (κ3) is 1.97. The van der Waals surface area contributed by atoms with Crippen molar-refractivity contribution in [3.8, 4) is 0 Å². The lowest BCUT2D eigenvalue weighted by molar-refractivity contribution is 0.0934. The van der Waals surface area contributed by atoms with Gasteiger partial charge in [0.2, 0.25) is 0 Å². The molecular weight excluding hydrogens is 138 g/mol. The third-order valence-electron chi connectivity index (χ3n) is 1.34. The topological polar surface area (TPSA) is 27.6 Å². The predicted octanol–water partition coefficient (Wildman–Crippen LogP) is 1.30. The van der Waals surface area contributed by atoms with Crippen LogP contribution in [-0.2, 0) is 0 Å². The number of nitrogens with zero attached hydrogens (tertiary/aromatic N) is 2. The molecule has 0 amide bonds. The van der Waals surface area contributed by atoms with Crippen molar-refractivity contribution in [2.75, 3.05) is 0 Å². The van der Waals surface area contributed by atoms with Gasteiger partial charge in [0, 0.05) is 0 Å². The van der Waals surface area contributed by atoms with E-state index in [0.29, 0.717) is 0 Å². The number of hydrogen-bond acceptors (Lipinski definition) is 3. The first kappa shape index (κ1) is 8.11. The van der Waals surface area contributed by atoms with E-state index < -0.39 is 0 Å². The Morgan fingerprint density at radius 3 is 2.55 bits per heavy atom. The van der Waals surface area contributed by atoms with Crippen LogP contribution in [0.1, 0.15) is 27.7 Å². The molecule has 1 aliphatic rings. The summed E-state index contributed by atoms with van der Waals surface area (Å²) >= 11 is 0. The number of hydrogen-bond donors (Lipinski definition) is 1. The molecule has 0 aromatic rings. The first-order chi connectivity index (χ1) is 5.00. The highest BCUT2D eigenvalue weighted by Gasteiger charge is 2.20. The Morgan fingerprint density at radius 1 is 1.55 bits per heavy atom. The summed E-state index contributed by atoms with van der Waals surface area (Å²) in [5, 5.41) is 6.07. The highest BCUT2D eigenvalue weighted by molar-refractivity contribution is 5.92. The fourth-order valence-electron chi connectivity index (χ4n) is 0.727. The highest BCUT2D eigenvalue weighted by Crippen LogP contribution is 2.12. The van der Waals surface area contributed by atoms with Gasteiger partial charge in [0.1, 0.15) is 0 Å². The molecule has 61 valence electrons. The second-order valence-electron chi connectivity index (χ2n) is 3.62. The van der Waals surface area contributed by atoms with Crippen molar-refractivity contribution in [1.82, 2.24) is 10.5 Å². The first-order valence-corrected chi connectivity index (χ1v) is 3.70. The molecule has 1 N–H and O–H groups in total. The predicted molar refractivity (Wildman–Crippen MR) is 45.6 cm³/mol. The molecule has 0 saturated heterocycles. The number of nitrogens with one attached hydrogen (secondary N) is 1. The van der Waals surface area contributed by atoms with Crippen LogP contribution in [0.3, 0.4) is 0 Å². The van der Waals surface area contributed by atoms with E-state index in [1.807, 2.05) is 13.0 Å². The minimum Gasteiger partial charge on any atom is -0.280 e. The van der Waals surface area contributed by atoms with Gasteiger partial charge in [-0.15, -0.1) is 0 Å². The van der Waals surface area contributed by atoms with Crippen molar-refractivity contribution in [3.63, 3.8) is 0 Å². The summed E-state index contributed by atoms with van der Waals surface area (Å²) in [7, 11) is 0. The maximum absolute atomic E-state index is 4.27. The summed E-state index contributed by atoms with van der Waals surface area (Å²) < 4.78 is 0. The molecule has 1 aliphatic heterocycles. The molecule has 0 spiro atoms. The number of allylic oxidation sites excluding steroid dienone is 1. The maximum atomic E-state index is 4.27. The Morgan fingerprint density at radius 2 is 2.18 bits per heavy atom. The van der Waals surface area contributed by atoms with E-state index in [-0.39, 0.29) is 5.54 Å². The van der Waals surface area contributed by atoms with E-state index in [1.165, 1.54) is 0 Å². The van der Waals surface area contributed by atoms with E-state index >= 15 is 0 Å². The summed E-state index contributed by atoms with van der Waals surface area (Å²) in [5.41, 5.74) is 3.90. The van der Waals surface area contributed by atoms with Crippen LogP contribution in [0.25, 0.3) is 0 Å². The molecule has 0 unspecified atom stereocenters. The third-order valence-corrected chi connectivity index (χ3v) is 1.34. The van der Waals surface area contributed by atoms with Gasteiger partial charge in [0.15, 0.2) is 0 Å². The lowest BCUT2D eigenvalue weighted by atomic mass is 10.1. The molecular formula is C8H14N3. The van der Waals surface area contributed by atoms with E-state index in [9.17, 15) is 0 Å². The highest BCUT2D eigenvalue weighted by atomic mass is 15.7. The van der Waals surface area contributed by atoms with Gasteiger partial charge >= 0.3 is 0 Å². The molecule has 0 aliphatic carbocycles. The van der Waals surface area contributed by atoms with Crippen molar-refractivity contribution in [1.29, 1.82) is 0 Å². The SMILES string of the molecule is CC1=NN(C(C)(C)C)N[C]=C1. The summed E-state index contributed by atoms with van der Waals surface area (Å²) in [6, 6.07) is 0. The van der Waals surface area contributed by atoms with Crippen LogP contribution in [-0.4, -0.2) is 16.4 Å². The second-order valence-corrected chi connectivity index (χ2v) is 3.62. The van der Waals surface area contributed by atoms with Gasteiger partial charge < -0.3 is 0 Å². The standard InChI is InChI=1S/C8H14N3/c1-7-5-6-9-11(10-7)8(2,3)4/h5,9H,1-4H3. The number of hydrazine groups is 1. The van der Waals surface area contributed by atoms with Crippen molar-refractivity contribution >= 4 is 5.71 Å². The summed E-state index contributed by atoms with van der Waals surface area (Å²) in [6.45, 7) is 8.21. The molecule has 11 heavy (non-hydrogen) atoms. The zero-order valence-corrected chi connectivity index (χ0v) is 7.47. The molecule has 0 atom stereocenters. The van der Waals surface area contributed by atoms with Crippen molar-refractivity contribution < 1.29 is 0 Å². The lowest BCUT2D eigenvalue weighted by Gasteiger charge is -2.33. The molecule has 1 rings (SSSR count). The minimum absolute atomic E-state index is 0.00250. The Kier molecular flexibility index (Phi) is 1.89. The lowest BCUT2D eigenvalue weighted by Crippen LogP contribution is -2.46. The Balaban J connectivity index is 2.71. The Labute approximate surface area is 67.7 Å². The van der Waals surface area contributed by atoms with Crippen LogP contribution >= 0.6 is 0 Å². The van der Waals surface area contributed by atoms with Crippen molar-refractivity contribution in [2.24, 2.45) is 5.10 Å². The number of rotatable bonds is 0. The second kappa shape index (κ2) is 2.57. The Hall–Kier alpha value is -0.990. The van der Waals surface area contributed by atoms with Gasteiger partial charge in [-0.1, -0.05) is 0 Å². The monoisotopic (exact) mass is 152 g/mol. The van der Waals surface area contributed by atoms with Crippen LogP contribution in [0.5, 0.6) is 0 Å². The molecule has 3 heteroatoms. The zero-order chi connectivity index (χ0) is 8.48. The van der Waals surface area contributed by atoms with Gasteiger partial charge in [0.05, 0.1) is 17.5 Å².